The van der Waals surface area contributed by atoms with Crippen LogP contribution in [0.25, 0.3) is 34.5 Å². The van der Waals surface area contributed by atoms with Crippen LogP contribution in [-0.2, 0) is 6.61 Å². The molecule has 0 aliphatic heterocycles. The highest BCUT2D eigenvalue weighted by molar-refractivity contribution is 6.36. The number of hydrogen-bond donors (Lipinski definition) is 1. The third-order valence-electron chi connectivity index (χ3n) is 5.60. The van der Waals surface area contributed by atoms with E-state index in [2.05, 4.69) is 58.5 Å². The van der Waals surface area contributed by atoms with Gasteiger partial charge >= 0.3 is 0 Å². The third-order valence-corrected chi connectivity index (χ3v) is 6.14. The van der Waals surface area contributed by atoms with Crippen LogP contribution in [0, 0.1) is 0 Å². The first kappa shape index (κ1) is 23.0. The Bertz CT molecular complexity index is 1440. The fourth-order valence-electron chi connectivity index (χ4n) is 3.71. The molecule has 0 atom stereocenters. The van der Waals surface area contributed by atoms with E-state index in [1.54, 1.807) is 12.3 Å². The summed E-state index contributed by atoms with van der Waals surface area (Å²) in [4.78, 5) is 7.72. The SMILES string of the molecule is Clc1ccc(-c2cnc(/C=C/c3ccc(-c4ccc(OCc5ccccc5)cc4)cc3)[nH]2)c(Cl)c1. The number of benzene rings is 4. The third kappa shape index (κ3) is 5.83. The van der Waals surface area contributed by atoms with E-state index in [1.165, 1.54) is 0 Å². The molecule has 0 amide bonds. The van der Waals surface area contributed by atoms with Gasteiger partial charge in [-0.3, -0.25) is 0 Å². The van der Waals surface area contributed by atoms with E-state index >= 15 is 0 Å². The molecule has 1 heterocycles. The lowest BCUT2D eigenvalue weighted by Gasteiger charge is -2.08. The number of aromatic nitrogens is 2. The van der Waals surface area contributed by atoms with Crippen LogP contribution in [0.1, 0.15) is 17.0 Å². The van der Waals surface area contributed by atoms with Gasteiger partial charge in [-0.05, 0) is 58.7 Å². The highest BCUT2D eigenvalue weighted by atomic mass is 35.5. The molecule has 0 bridgehead atoms. The molecule has 1 N–H and O–H groups in total. The Hall–Kier alpha value is -3.79. The molecule has 0 aliphatic rings. The Kier molecular flexibility index (Phi) is 6.99. The average molecular weight is 497 g/mol. The molecule has 0 radical (unpaired) electrons. The standard InChI is InChI=1S/C30H22Cl2N2O/c31-25-13-16-27(28(32)18-25)29-19-33-30(34-29)17-8-21-6-9-23(10-7-21)24-11-14-26(15-12-24)35-20-22-4-2-1-3-5-22/h1-19H,20H2,(H,33,34)/b17-8+. The van der Waals surface area contributed by atoms with Crippen LogP contribution >= 0.6 is 23.2 Å². The Morgan fingerprint density at radius 2 is 1.49 bits per heavy atom. The lowest BCUT2D eigenvalue weighted by atomic mass is 10.0. The fraction of sp³-hybridized carbons (Fsp3) is 0.0333. The number of nitrogens with one attached hydrogen (secondary N) is 1. The fourth-order valence-corrected chi connectivity index (χ4v) is 4.22. The molecule has 172 valence electrons. The maximum atomic E-state index is 6.30. The molecule has 5 aromatic rings. The van der Waals surface area contributed by atoms with E-state index < -0.39 is 0 Å². The maximum Gasteiger partial charge on any atom is 0.130 e. The van der Waals surface area contributed by atoms with Crippen molar-refractivity contribution < 1.29 is 4.74 Å². The van der Waals surface area contributed by atoms with Crippen LogP contribution in [0.3, 0.4) is 0 Å². The van der Waals surface area contributed by atoms with Crippen LogP contribution in [0.5, 0.6) is 5.75 Å². The van der Waals surface area contributed by atoms with Gasteiger partial charge in [0.2, 0.25) is 0 Å². The predicted octanol–water partition coefficient (Wildman–Crippen LogP) is 8.80. The minimum atomic E-state index is 0.561. The van der Waals surface area contributed by atoms with E-state index in [-0.39, 0.29) is 0 Å². The molecule has 4 aromatic carbocycles. The van der Waals surface area contributed by atoms with Gasteiger partial charge in [0.05, 0.1) is 16.9 Å². The predicted molar refractivity (Wildman–Crippen MR) is 146 cm³/mol. The summed E-state index contributed by atoms with van der Waals surface area (Å²) in [6.45, 7) is 0.561. The average Bonchev–Trinajstić information content (AvgIpc) is 3.36. The lowest BCUT2D eigenvalue weighted by molar-refractivity contribution is 0.306. The monoisotopic (exact) mass is 496 g/mol. The first-order valence-corrected chi connectivity index (χ1v) is 12.0. The Morgan fingerprint density at radius 3 is 2.20 bits per heavy atom. The van der Waals surface area contributed by atoms with Crippen molar-refractivity contribution in [2.24, 2.45) is 0 Å². The highest BCUT2D eigenvalue weighted by Gasteiger charge is 2.07. The van der Waals surface area contributed by atoms with Crippen molar-refractivity contribution in [3.8, 4) is 28.1 Å². The van der Waals surface area contributed by atoms with Gasteiger partial charge in [-0.2, -0.15) is 0 Å². The molecule has 5 rings (SSSR count). The van der Waals surface area contributed by atoms with Crippen LogP contribution in [-0.4, -0.2) is 9.97 Å². The minimum absolute atomic E-state index is 0.561. The Balaban J connectivity index is 1.22. The first-order valence-electron chi connectivity index (χ1n) is 11.2. The molecular weight excluding hydrogens is 475 g/mol. The van der Waals surface area contributed by atoms with Gasteiger partial charge < -0.3 is 9.72 Å². The highest BCUT2D eigenvalue weighted by Crippen LogP contribution is 2.29. The van der Waals surface area contributed by atoms with Crippen molar-refractivity contribution in [1.29, 1.82) is 0 Å². The van der Waals surface area contributed by atoms with Crippen LogP contribution in [0.4, 0.5) is 0 Å². The smallest absolute Gasteiger partial charge is 0.130 e. The van der Waals surface area contributed by atoms with Gasteiger partial charge in [-0.1, -0.05) is 96.0 Å². The second-order valence-corrected chi connectivity index (χ2v) is 8.90. The van der Waals surface area contributed by atoms with E-state index in [0.717, 1.165) is 45.1 Å². The Morgan fingerprint density at radius 1 is 0.771 bits per heavy atom. The summed E-state index contributed by atoms with van der Waals surface area (Å²) in [6.07, 6.45) is 5.74. The zero-order valence-electron chi connectivity index (χ0n) is 18.8. The van der Waals surface area contributed by atoms with Crippen molar-refractivity contribution in [2.45, 2.75) is 6.61 Å². The molecule has 35 heavy (non-hydrogen) atoms. The number of nitrogens with zero attached hydrogens (tertiary/aromatic N) is 1. The summed E-state index contributed by atoms with van der Waals surface area (Å²) in [5, 5.41) is 1.19. The second kappa shape index (κ2) is 10.6. The molecule has 0 spiro atoms. The summed E-state index contributed by atoms with van der Waals surface area (Å²) in [5.41, 5.74) is 6.23. The molecule has 0 fully saturated rings. The number of hydrogen-bond acceptors (Lipinski definition) is 2. The summed E-state index contributed by atoms with van der Waals surface area (Å²) in [6, 6.07) is 32.2. The Labute approximate surface area is 214 Å². The van der Waals surface area contributed by atoms with Crippen LogP contribution in [0.2, 0.25) is 10.0 Å². The summed E-state index contributed by atoms with van der Waals surface area (Å²) in [7, 11) is 0. The summed E-state index contributed by atoms with van der Waals surface area (Å²) >= 11 is 12.3. The molecular formula is C30H22Cl2N2O. The summed E-state index contributed by atoms with van der Waals surface area (Å²) < 4.78 is 5.89. The molecule has 3 nitrogen and oxygen atoms in total. The number of rotatable bonds is 7. The normalized spacial score (nSPS) is 11.1. The van der Waals surface area contributed by atoms with Gasteiger partial charge in [0.25, 0.3) is 0 Å². The summed E-state index contributed by atoms with van der Waals surface area (Å²) in [5.74, 6) is 1.61. The number of aromatic amines is 1. The van der Waals surface area contributed by atoms with E-state index in [0.29, 0.717) is 16.7 Å². The zero-order valence-corrected chi connectivity index (χ0v) is 20.3. The number of ether oxygens (including phenoxy) is 1. The lowest BCUT2D eigenvalue weighted by Crippen LogP contribution is -1.94. The van der Waals surface area contributed by atoms with Crippen LogP contribution < -0.4 is 4.74 Å². The minimum Gasteiger partial charge on any atom is -0.489 e. The van der Waals surface area contributed by atoms with Gasteiger partial charge in [0.1, 0.15) is 18.2 Å². The van der Waals surface area contributed by atoms with Crippen LogP contribution in [0.15, 0.2) is 103 Å². The quantitative estimate of drug-likeness (QED) is 0.244. The van der Waals surface area contributed by atoms with Crippen molar-refractivity contribution in [3.05, 3.63) is 130 Å². The second-order valence-electron chi connectivity index (χ2n) is 8.06. The van der Waals surface area contributed by atoms with Crippen molar-refractivity contribution in [1.82, 2.24) is 9.97 Å². The first-order chi connectivity index (χ1) is 17.1. The van der Waals surface area contributed by atoms with Crippen molar-refractivity contribution in [2.75, 3.05) is 0 Å². The number of halogens is 2. The molecule has 0 saturated heterocycles. The van der Waals surface area contributed by atoms with E-state index in [4.69, 9.17) is 27.9 Å². The topological polar surface area (TPSA) is 37.9 Å². The molecule has 0 aliphatic carbocycles. The molecule has 5 heteroatoms. The van der Waals surface area contributed by atoms with E-state index in [9.17, 15) is 0 Å². The van der Waals surface area contributed by atoms with Gasteiger partial charge in [0, 0.05) is 10.6 Å². The van der Waals surface area contributed by atoms with Gasteiger partial charge in [-0.25, -0.2) is 4.98 Å². The van der Waals surface area contributed by atoms with Crippen molar-refractivity contribution >= 4 is 35.4 Å². The van der Waals surface area contributed by atoms with Crippen molar-refractivity contribution in [3.63, 3.8) is 0 Å². The molecule has 0 saturated carbocycles. The zero-order chi connectivity index (χ0) is 24.0. The van der Waals surface area contributed by atoms with Gasteiger partial charge in [-0.15, -0.1) is 0 Å². The number of H-pyrrole nitrogens is 1. The molecule has 0 unspecified atom stereocenters. The van der Waals surface area contributed by atoms with Gasteiger partial charge in [0.15, 0.2) is 0 Å². The van der Waals surface area contributed by atoms with E-state index in [1.807, 2.05) is 54.6 Å². The largest absolute Gasteiger partial charge is 0.489 e. The maximum absolute atomic E-state index is 6.30. The molecule has 1 aromatic heterocycles. The number of imidazole rings is 1.